The zero-order valence-electron chi connectivity index (χ0n) is 10.1. The van der Waals surface area contributed by atoms with Gasteiger partial charge in [0.1, 0.15) is 11.4 Å². The average molecular weight is 240 g/mol. The minimum absolute atomic E-state index is 0.0265. The van der Waals surface area contributed by atoms with Crippen LogP contribution in [0, 0.1) is 0 Å². The molecule has 1 aromatic rings. The maximum atomic E-state index is 11.6. The third-order valence-electron chi connectivity index (χ3n) is 1.85. The first-order valence-corrected chi connectivity index (χ1v) is 5.32. The normalized spacial score (nSPS) is 11.2. The quantitative estimate of drug-likeness (QED) is 0.817. The monoisotopic (exact) mass is 240 g/mol. The lowest BCUT2D eigenvalue weighted by Gasteiger charge is -2.18. The molecule has 0 saturated carbocycles. The van der Waals surface area contributed by atoms with E-state index >= 15 is 0 Å². The van der Waals surface area contributed by atoms with Crippen molar-refractivity contribution in [1.82, 2.24) is 0 Å². The maximum absolute atomic E-state index is 11.6. The van der Waals surface area contributed by atoms with Crippen LogP contribution in [0.2, 0.25) is 0 Å². The molecule has 0 radical (unpaired) electrons. The van der Waals surface area contributed by atoms with Gasteiger partial charge in [-0.05, 0) is 32.9 Å². The summed E-state index contributed by atoms with van der Waals surface area (Å²) < 4.78 is 10.3. The highest BCUT2D eigenvalue weighted by molar-refractivity contribution is 5.86. The molecule has 0 amide bonds. The van der Waals surface area contributed by atoms with Gasteiger partial charge in [0.2, 0.25) is 5.76 Å². The fourth-order valence-electron chi connectivity index (χ4n) is 1.18. The van der Waals surface area contributed by atoms with E-state index in [4.69, 9.17) is 14.3 Å². The Bertz CT molecular complexity index is 411. The van der Waals surface area contributed by atoms with E-state index in [0.29, 0.717) is 5.76 Å². The molecule has 94 valence electrons. The summed E-state index contributed by atoms with van der Waals surface area (Å²) in [5.74, 6) is -0.882. The van der Waals surface area contributed by atoms with Crippen LogP contribution in [-0.4, -0.2) is 22.6 Å². The van der Waals surface area contributed by atoms with E-state index in [9.17, 15) is 9.59 Å². The van der Waals surface area contributed by atoms with Crippen LogP contribution in [0.5, 0.6) is 0 Å². The summed E-state index contributed by atoms with van der Waals surface area (Å²) in [7, 11) is 0. The van der Waals surface area contributed by atoms with Gasteiger partial charge in [0.25, 0.3) is 0 Å². The second-order valence-corrected chi connectivity index (χ2v) is 4.66. The molecule has 0 spiro atoms. The van der Waals surface area contributed by atoms with Crippen LogP contribution < -0.4 is 0 Å². The van der Waals surface area contributed by atoms with Gasteiger partial charge in [0.05, 0.1) is 6.42 Å². The Labute approximate surface area is 99.4 Å². The minimum Gasteiger partial charge on any atom is -0.481 e. The highest BCUT2D eigenvalue weighted by Crippen LogP contribution is 2.15. The zero-order valence-corrected chi connectivity index (χ0v) is 10.1. The molecule has 5 nitrogen and oxygen atoms in total. The zero-order chi connectivity index (χ0) is 13.1. The molecule has 1 aromatic heterocycles. The molecule has 0 aliphatic heterocycles. The predicted molar refractivity (Wildman–Crippen MR) is 59.8 cm³/mol. The van der Waals surface area contributed by atoms with Crippen molar-refractivity contribution in [2.45, 2.75) is 39.2 Å². The Morgan fingerprint density at radius 1 is 1.35 bits per heavy atom. The van der Waals surface area contributed by atoms with Crippen LogP contribution in [-0.2, 0) is 16.0 Å². The van der Waals surface area contributed by atoms with Crippen LogP contribution in [0.3, 0.4) is 0 Å². The van der Waals surface area contributed by atoms with Crippen LogP contribution in [0.1, 0.15) is 43.5 Å². The maximum Gasteiger partial charge on any atom is 0.374 e. The van der Waals surface area contributed by atoms with Crippen LogP contribution in [0.25, 0.3) is 0 Å². The molecular formula is C12H16O5. The third-order valence-corrected chi connectivity index (χ3v) is 1.85. The number of ether oxygens (including phenoxy) is 1. The number of hydrogen-bond donors (Lipinski definition) is 1. The summed E-state index contributed by atoms with van der Waals surface area (Å²) in [5, 5.41) is 8.51. The van der Waals surface area contributed by atoms with Crippen LogP contribution in [0.4, 0.5) is 0 Å². The number of aliphatic carboxylic acids is 1. The molecule has 5 heteroatoms. The smallest absolute Gasteiger partial charge is 0.374 e. The molecule has 1 heterocycles. The van der Waals surface area contributed by atoms with Crippen molar-refractivity contribution in [2.75, 3.05) is 0 Å². The molecule has 0 bridgehead atoms. The number of esters is 1. The van der Waals surface area contributed by atoms with Crippen molar-refractivity contribution in [3.63, 3.8) is 0 Å². The van der Waals surface area contributed by atoms with Crippen molar-refractivity contribution in [1.29, 1.82) is 0 Å². The molecule has 1 N–H and O–H groups in total. The summed E-state index contributed by atoms with van der Waals surface area (Å²) in [6.45, 7) is 5.29. The van der Waals surface area contributed by atoms with Gasteiger partial charge in [0.15, 0.2) is 0 Å². The number of carboxylic acids is 1. The highest BCUT2D eigenvalue weighted by Gasteiger charge is 2.20. The van der Waals surface area contributed by atoms with E-state index in [1.54, 1.807) is 26.8 Å². The highest BCUT2D eigenvalue weighted by atomic mass is 16.6. The van der Waals surface area contributed by atoms with Gasteiger partial charge in [-0.3, -0.25) is 4.79 Å². The number of aryl methyl sites for hydroxylation is 1. The van der Waals surface area contributed by atoms with E-state index in [-0.39, 0.29) is 18.6 Å². The molecule has 17 heavy (non-hydrogen) atoms. The van der Waals surface area contributed by atoms with Gasteiger partial charge in [0, 0.05) is 6.42 Å². The molecule has 0 saturated heterocycles. The van der Waals surface area contributed by atoms with Gasteiger partial charge >= 0.3 is 11.9 Å². The second-order valence-electron chi connectivity index (χ2n) is 4.66. The lowest BCUT2D eigenvalue weighted by molar-refractivity contribution is -0.137. The molecule has 0 aliphatic carbocycles. The first kappa shape index (κ1) is 13.3. The average Bonchev–Trinajstić information content (AvgIpc) is 2.60. The molecule has 0 fully saturated rings. The number of carbonyl (C=O) groups excluding carboxylic acids is 1. The van der Waals surface area contributed by atoms with E-state index in [0.717, 1.165) is 0 Å². The van der Waals surface area contributed by atoms with Gasteiger partial charge in [-0.1, -0.05) is 0 Å². The van der Waals surface area contributed by atoms with E-state index < -0.39 is 17.5 Å². The standard InChI is InChI=1S/C12H16O5/c1-12(2,3)17-11(15)9-6-4-8(16-9)5-7-10(13)14/h4,6H,5,7H2,1-3H3,(H,13,14). The minimum atomic E-state index is -0.903. The molecule has 0 aliphatic rings. The van der Waals surface area contributed by atoms with Crippen LogP contribution in [0.15, 0.2) is 16.5 Å². The fraction of sp³-hybridized carbons (Fsp3) is 0.500. The van der Waals surface area contributed by atoms with E-state index in [2.05, 4.69) is 0 Å². The van der Waals surface area contributed by atoms with Crippen molar-refractivity contribution in [3.05, 3.63) is 23.7 Å². The van der Waals surface area contributed by atoms with Gasteiger partial charge < -0.3 is 14.3 Å². The number of hydrogen-bond acceptors (Lipinski definition) is 4. The first-order chi connectivity index (χ1) is 7.78. The summed E-state index contributed by atoms with van der Waals surface area (Å²) in [6, 6.07) is 3.08. The first-order valence-electron chi connectivity index (χ1n) is 5.32. The molecule has 0 atom stereocenters. The van der Waals surface area contributed by atoms with Crippen molar-refractivity contribution >= 4 is 11.9 Å². The SMILES string of the molecule is CC(C)(C)OC(=O)c1ccc(CCC(=O)O)o1. The predicted octanol–water partition coefficient (Wildman–Crippen LogP) is 2.25. The van der Waals surface area contributed by atoms with Gasteiger partial charge in [-0.25, -0.2) is 4.79 Å². The van der Waals surface area contributed by atoms with Crippen LogP contribution >= 0.6 is 0 Å². The van der Waals surface area contributed by atoms with Crippen molar-refractivity contribution in [3.8, 4) is 0 Å². The Kier molecular flexibility index (Phi) is 3.93. The summed E-state index contributed by atoms with van der Waals surface area (Å²) >= 11 is 0. The second kappa shape index (κ2) is 5.03. The topological polar surface area (TPSA) is 76.7 Å². The number of carboxylic acid groups (broad SMARTS) is 1. The molecule has 0 aromatic carbocycles. The molecular weight excluding hydrogens is 224 g/mol. The number of furan rings is 1. The van der Waals surface area contributed by atoms with Gasteiger partial charge in [-0.15, -0.1) is 0 Å². The summed E-state index contributed by atoms with van der Waals surface area (Å²) in [5.41, 5.74) is -0.578. The lowest BCUT2D eigenvalue weighted by Crippen LogP contribution is -2.23. The Morgan fingerprint density at radius 2 is 2.00 bits per heavy atom. The summed E-state index contributed by atoms with van der Waals surface area (Å²) in [4.78, 5) is 21.9. The number of carbonyl (C=O) groups is 2. The third kappa shape index (κ3) is 4.72. The van der Waals surface area contributed by atoms with Gasteiger partial charge in [-0.2, -0.15) is 0 Å². The largest absolute Gasteiger partial charge is 0.481 e. The van der Waals surface area contributed by atoms with Crippen molar-refractivity contribution < 1.29 is 23.8 Å². The number of rotatable bonds is 4. The molecule has 1 rings (SSSR count). The fourth-order valence-corrected chi connectivity index (χ4v) is 1.18. The van der Waals surface area contributed by atoms with E-state index in [1.807, 2.05) is 0 Å². The molecule has 0 unspecified atom stereocenters. The summed E-state index contributed by atoms with van der Waals surface area (Å²) in [6.07, 6.45) is 0.236. The van der Waals surface area contributed by atoms with Crippen molar-refractivity contribution in [2.24, 2.45) is 0 Å². The Morgan fingerprint density at radius 3 is 2.53 bits per heavy atom. The Balaban J connectivity index is 2.61. The Hall–Kier alpha value is -1.78. The van der Waals surface area contributed by atoms with E-state index in [1.165, 1.54) is 6.07 Å². The lowest BCUT2D eigenvalue weighted by atomic mass is 10.2.